The minimum atomic E-state index is 1.27. The Morgan fingerprint density at radius 1 is 0.667 bits per heavy atom. The lowest BCUT2D eigenvalue weighted by Crippen LogP contribution is -2.25. The van der Waals surface area contributed by atoms with E-state index in [1.54, 1.807) is 0 Å². The van der Waals surface area contributed by atoms with E-state index in [0.29, 0.717) is 0 Å². The van der Waals surface area contributed by atoms with Gasteiger partial charge in [0.1, 0.15) is 7.05 Å². The van der Waals surface area contributed by atoms with Crippen LogP contribution in [-0.4, -0.2) is 5.75 Å². The summed E-state index contributed by atoms with van der Waals surface area (Å²) in [4.78, 5) is 1.41. The predicted molar refractivity (Wildman–Crippen MR) is 109 cm³/mol. The van der Waals surface area contributed by atoms with Gasteiger partial charge in [0.05, 0.1) is 0 Å². The molecule has 1 aromatic rings. The highest BCUT2D eigenvalue weighted by atomic mass is 32.2. The summed E-state index contributed by atoms with van der Waals surface area (Å²) >= 11 is 2.00. The van der Waals surface area contributed by atoms with Gasteiger partial charge in [0.2, 0.25) is 0 Å². The fourth-order valence-electron chi connectivity index (χ4n) is 3.07. The molecular formula is C22H40NS+. The summed E-state index contributed by atoms with van der Waals surface area (Å²) in [6.45, 7) is 2.29. The van der Waals surface area contributed by atoms with Crippen LogP contribution in [0.25, 0.3) is 0 Å². The third-order valence-electron chi connectivity index (χ3n) is 4.71. The molecule has 0 aliphatic heterocycles. The molecule has 0 aromatic carbocycles. The number of nitrogens with zero attached hydrogens (tertiary/aromatic N) is 1. The Kier molecular flexibility index (Phi) is 14.4. The van der Waals surface area contributed by atoms with Gasteiger partial charge < -0.3 is 0 Å². The van der Waals surface area contributed by atoms with Crippen molar-refractivity contribution in [2.24, 2.45) is 7.05 Å². The molecule has 1 nitrogen and oxygen atoms in total. The first kappa shape index (κ1) is 21.5. The second-order valence-corrected chi connectivity index (χ2v) is 8.31. The van der Waals surface area contributed by atoms with Crippen molar-refractivity contribution in [1.29, 1.82) is 0 Å². The molecule has 0 radical (unpaired) electrons. The van der Waals surface area contributed by atoms with Crippen molar-refractivity contribution in [3.8, 4) is 0 Å². The largest absolute Gasteiger partial charge is 0.208 e. The van der Waals surface area contributed by atoms with Gasteiger partial charge in [-0.1, -0.05) is 90.4 Å². The normalized spacial score (nSPS) is 11.1. The van der Waals surface area contributed by atoms with Gasteiger partial charge in [-0.25, -0.2) is 4.57 Å². The molecule has 0 saturated heterocycles. The Morgan fingerprint density at radius 2 is 1.08 bits per heavy atom. The lowest BCUT2D eigenvalue weighted by molar-refractivity contribution is -0.671. The minimum Gasteiger partial charge on any atom is -0.208 e. The van der Waals surface area contributed by atoms with Gasteiger partial charge in [0.25, 0.3) is 0 Å². The third-order valence-corrected chi connectivity index (χ3v) is 5.81. The molecule has 24 heavy (non-hydrogen) atoms. The lowest BCUT2D eigenvalue weighted by Gasteiger charge is -2.03. The second kappa shape index (κ2) is 16.0. The number of unbranched alkanes of at least 4 members (excludes halogenated alkanes) is 13. The van der Waals surface area contributed by atoms with E-state index in [0.717, 1.165) is 0 Å². The maximum absolute atomic E-state index is 2.29. The Labute approximate surface area is 155 Å². The van der Waals surface area contributed by atoms with Crippen LogP contribution in [0.3, 0.4) is 0 Å². The average Bonchev–Trinajstić information content (AvgIpc) is 2.60. The summed E-state index contributed by atoms with van der Waals surface area (Å²) in [6.07, 6.45) is 24.4. The van der Waals surface area contributed by atoms with Gasteiger partial charge in [0.15, 0.2) is 12.4 Å². The summed E-state index contributed by atoms with van der Waals surface area (Å²) in [5, 5.41) is 0. The van der Waals surface area contributed by atoms with Crippen LogP contribution in [0.4, 0.5) is 0 Å². The molecule has 0 bridgehead atoms. The number of hydrogen-bond donors (Lipinski definition) is 0. The third kappa shape index (κ3) is 12.9. The van der Waals surface area contributed by atoms with Gasteiger partial charge >= 0.3 is 0 Å². The number of aromatic nitrogens is 1. The molecule has 0 atom stereocenters. The zero-order valence-electron chi connectivity index (χ0n) is 16.3. The van der Waals surface area contributed by atoms with Crippen LogP contribution < -0.4 is 4.57 Å². The average molecular weight is 351 g/mol. The monoisotopic (exact) mass is 350 g/mol. The van der Waals surface area contributed by atoms with Crippen molar-refractivity contribution in [2.75, 3.05) is 5.75 Å². The molecule has 0 saturated carbocycles. The molecule has 0 aliphatic carbocycles. The Hall–Kier alpha value is -0.500. The van der Waals surface area contributed by atoms with Gasteiger partial charge in [0, 0.05) is 17.0 Å². The van der Waals surface area contributed by atoms with E-state index in [4.69, 9.17) is 0 Å². The number of aryl methyl sites for hydroxylation is 1. The number of hydrogen-bond acceptors (Lipinski definition) is 1. The molecule has 2 heteroatoms. The summed E-state index contributed by atoms with van der Waals surface area (Å²) in [7, 11) is 2.07. The van der Waals surface area contributed by atoms with Crippen LogP contribution in [0, 0.1) is 0 Å². The molecular weight excluding hydrogens is 310 g/mol. The Bertz CT molecular complexity index is 374. The second-order valence-electron chi connectivity index (χ2n) is 7.14. The maximum atomic E-state index is 2.29. The topological polar surface area (TPSA) is 3.88 Å². The van der Waals surface area contributed by atoms with Crippen molar-refractivity contribution in [3.05, 3.63) is 24.5 Å². The van der Waals surface area contributed by atoms with Crippen molar-refractivity contribution in [2.45, 2.75) is 102 Å². The highest BCUT2D eigenvalue weighted by Gasteiger charge is 1.97. The highest BCUT2D eigenvalue weighted by Crippen LogP contribution is 2.19. The summed E-state index contributed by atoms with van der Waals surface area (Å²) < 4.78 is 2.09. The van der Waals surface area contributed by atoms with Gasteiger partial charge in [-0.05, 0) is 12.2 Å². The number of rotatable bonds is 16. The van der Waals surface area contributed by atoms with Gasteiger partial charge in [-0.3, -0.25) is 0 Å². The van der Waals surface area contributed by atoms with Crippen LogP contribution in [0.15, 0.2) is 29.4 Å². The van der Waals surface area contributed by atoms with Crippen molar-refractivity contribution in [1.82, 2.24) is 0 Å². The molecule has 0 N–H and O–H groups in total. The van der Waals surface area contributed by atoms with Crippen molar-refractivity contribution >= 4 is 11.8 Å². The van der Waals surface area contributed by atoms with Crippen LogP contribution in [0.2, 0.25) is 0 Å². The van der Waals surface area contributed by atoms with Gasteiger partial charge in [-0.15, -0.1) is 11.8 Å². The van der Waals surface area contributed by atoms with Crippen LogP contribution in [-0.2, 0) is 7.05 Å². The van der Waals surface area contributed by atoms with Crippen LogP contribution >= 0.6 is 11.8 Å². The van der Waals surface area contributed by atoms with E-state index in [1.165, 1.54) is 101 Å². The van der Waals surface area contributed by atoms with Gasteiger partial charge in [-0.2, -0.15) is 0 Å². The SMILES string of the molecule is CCCCCCCCCCCCCCCCSc1cc[n+](C)cc1. The smallest absolute Gasteiger partial charge is 0.169 e. The molecule has 0 unspecified atom stereocenters. The van der Waals surface area contributed by atoms with E-state index in [1.807, 2.05) is 11.8 Å². The molecule has 0 spiro atoms. The first-order valence-corrected chi connectivity index (χ1v) is 11.4. The molecule has 0 amide bonds. The molecule has 0 fully saturated rings. The lowest BCUT2D eigenvalue weighted by atomic mass is 10.0. The van der Waals surface area contributed by atoms with E-state index in [-0.39, 0.29) is 0 Å². The molecule has 1 aromatic heterocycles. The van der Waals surface area contributed by atoms with Crippen molar-refractivity contribution in [3.63, 3.8) is 0 Å². The molecule has 138 valence electrons. The summed E-state index contributed by atoms with van der Waals surface area (Å²) in [5.74, 6) is 1.27. The highest BCUT2D eigenvalue weighted by molar-refractivity contribution is 7.99. The number of pyridine rings is 1. The van der Waals surface area contributed by atoms with E-state index >= 15 is 0 Å². The standard InChI is InChI=1S/C22H40NS/c1-3-4-5-6-7-8-9-10-11-12-13-14-15-16-21-24-22-17-19-23(2)20-18-22/h17-20H,3-16,21H2,1-2H3/q+1. The molecule has 0 aliphatic rings. The summed E-state index contributed by atoms with van der Waals surface area (Å²) in [6, 6.07) is 4.43. The quantitative estimate of drug-likeness (QED) is 0.175. The summed E-state index contributed by atoms with van der Waals surface area (Å²) in [5.41, 5.74) is 0. The molecule has 1 rings (SSSR count). The first-order chi connectivity index (χ1) is 11.8. The predicted octanol–water partition coefficient (Wildman–Crippen LogP) is 7.08. The molecule has 1 heterocycles. The van der Waals surface area contributed by atoms with E-state index in [2.05, 4.69) is 43.1 Å². The number of thioether (sulfide) groups is 1. The van der Waals surface area contributed by atoms with E-state index in [9.17, 15) is 0 Å². The fraction of sp³-hybridized carbons (Fsp3) is 0.773. The Balaban J connectivity index is 1.75. The fourth-order valence-corrected chi connectivity index (χ4v) is 3.97. The maximum Gasteiger partial charge on any atom is 0.169 e. The zero-order valence-corrected chi connectivity index (χ0v) is 17.1. The van der Waals surface area contributed by atoms with Crippen LogP contribution in [0.5, 0.6) is 0 Å². The zero-order chi connectivity index (χ0) is 17.3. The van der Waals surface area contributed by atoms with Crippen LogP contribution in [0.1, 0.15) is 96.8 Å². The first-order valence-electron chi connectivity index (χ1n) is 10.4. The van der Waals surface area contributed by atoms with Crippen molar-refractivity contribution < 1.29 is 4.57 Å². The minimum absolute atomic E-state index is 1.27. The Morgan fingerprint density at radius 3 is 1.54 bits per heavy atom. The van der Waals surface area contributed by atoms with E-state index < -0.39 is 0 Å².